The smallest absolute Gasteiger partial charge is 0.266 e. The van der Waals surface area contributed by atoms with Crippen LogP contribution in [-0.2, 0) is 19.4 Å². The summed E-state index contributed by atoms with van der Waals surface area (Å²) in [7, 11) is -1.52. The van der Waals surface area contributed by atoms with Gasteiger partial charge in [-0.1, -0.05) is 36.1 Å². The van der Waals surface area contributed by atoms with Crippen molar-refractivity contribution in [1.29, 1.82) is 0 Å². The van der Waals surface area contributed by atoms with Gasteiger partial charge in [-0.25, -0.2) is 8.42 Å². The zero-order valence-electron chi connectivity index (χ0n) is 16.2. The van der Waals surface area contributed by atoms with Crippen LogP contribution in [0.2, 0.25) is 0 Å². The molecule has 1 atom stereocenters. The Kier molecular flexibility index (Phi) is 6.65. The van der Waals surface area contributed by atoms with E-state index in [9.17, 15) is 18.0 Å². The number of hydrogen-bond donors (Lipinski definition) is 0. The highest BCUT2D eigenvalue weighted by Gasteiger charge is 2.38. The molecule has 2 aliphatic rings. The Bertz CT molecular complexity index is 957. The van der Waals surface area contributed by atoms with Crippen molar-refractivity contribution < 1.29 is 22.7 Å². The number of nitrogens with zero attached hydrogens (tertiary/aromatic N) is 2. The van der Waals surface area contributed by atoms with Crippen molar-refractivity contribution in [1.82, 2.24) is 9.80 Å². The molecule has 2 fully saturated rings. The van der Waals surface area contributed by atoms with Gasteiger partial charge >= 0.3 is 0 Å². The Morgan fingerprint density at radius 2 is 2.07 bits per heavy atom. The lowest BCUT2D eigenvalue weighted by Crippen LogP contribution is -2.47. The van der Waals surface area contributed by atoms with Crippen molar-refractivity contribution in [2.24, 2.45) is 0 Å². The summed E-state index contributed by atoms with van der Waals surface area (Å²) in [6.07, 6.45) is 2.15. The SMILES string of the molecule is CCN(C(=O)CN1C(=O)/C(=C\c2ccc(OC)cc2)SC1=S)[C@H]1CCS(=O)(=O)C1. The third-order valence-electron chi connectivity index (χ3n) is 4.89. The predicted octanol–water partition coefficient (Wildman–Crippen LogP) is 1.93. The monoisotopic (exact) mass is 454 g/mol. The van der Waals surface area contributed by atoms with Crippen LogP contribution < -0.4 is 4.74 Å². The van der Waals surface area contributed by atoms with E-state index in [1.54, 1.807) is 32.2 Å². The number of sulfone groups is 1. The van der Waals surface area contributed by atoms with Crippen LogP contribution >= 0.6 is 24.0 Å². The molecule has 2 saturated heterocycles. The number of methoxy groups -OCH3 is 1. The summed E-state index contributed by atoms with van der Waals surface area (Å²) in [6, 6.07) is 6.91. The average Bonchev–Trinajstić information content (AvgIpc) is 3.16. The summed E-state index contributed by atoms with van der Waals surface area (Å²) in [5.41, 5.74) is 0.823. The lowest BCUT2D eigenvalue weighted by molar-refractivity contribution is -0.136. The lowest BCUT2D eigenvalue weighted by Gasteiger charge is -2.28. The van der Waals surface area contributed by atoms with E-state index in [4.69, 9.17) is 17.0 Å². The van der Waals surface area contributed by atoms with Gasteiger partial charge in [0.1, 0.15) is 16.6 Å². The van der Waals surface area contributed by atoms with Crippen LogP contribution in [-0.4, -0.2) is 72.1 Å². The molecule has 0 spiro atoms. The van der Waals surface area contributed by atoms with Gasteiger partial charge in [-0.3, -0.25) is 14.5 Å². The highest BCUT2D eigenvalue weighted by molar-refractivity contribution is 8.26. The van der Waals surface area contributed by atoms with Crippen LogP contribution in [0.5, 0.6) is 5.75 Å². The molecule has 156 valence electrons. The summed E-state index contributed by atoms with van der Waals surface area (Å²) in [5, 5.41) is 0. The van der Waals surface area contributed by atoms with Crippen LogP contribution in [0.15, 0.2) is 29.2 Å². The number of likely N-dealkylation sites (N-methyl/N-ethyl adjacent to an activating group) is 1. The molecule has 29 heavy (non-hydrogen) atoms. The van der Waals surface area contributed by atoms with Crippen molar-refractivity contribution in [3.63, 3.8) is 0 Å². The molecule has 0 bridgehead atoms. The molecular formula is C19H22N2O5S3. The first-order valence-corrected chi connectivity index (χ1v) is 12.2. The average molecular weight is 455 g/mol. The summed E-state index contributed by atoms with van der Waals surface area (Å²) >= 11 is 6.45. The van der Waals surface area contributed by atoms with Gasteiger partial charge in [-0.05, 0) is 37.1 Å². The molecule has 0 N–H and O–H groups in total. The van der Waals surface area contributed by atoms with E-state index in [0.29, 0.717) is 27.9 Å². The van der Waals surface area contributed by atoms with Crippen LogP contribution in [0.25, 0.3) is 6.08 Å². The Hall–Kier alpha value is -1.91. The van der Waals surface area contributed by atoms with Crippen molar-refractivity contribution >= 4 is 56.0 Å². The molecular weight excluding hydrogens is 432 g/mol. The van der Waals surface area contributed by atoms with Gasteiger partial charge in [-0.2, -0.15) is 0 Å². The molecule has 2 aliphatic heterocycles. The summed E-state index contributed by atoms with van der Waals surface area (Å²) in [5.74, 6) is 0.167. The first-order chi connectivity index (χ1) is 13.7. The topological polar surface area (TPSA) is 84.0 Å². The second-order valence-corrected chi connectivity index (χ2v) is 10.7. The molecule has 1 aromatic carbocycles. The lowest BCUT2D eigenvalue weighted by atomic mass is 10.2. The molecule has 0 unspecified atom stereocenters. The molecule has 0 radical (unpaired) electrons. The molecule has 0 saturated carbocycles. The van der Waals surface area contributed by atoms with Crippen molar-refractivity contribution in [3.05, 3.63) is 34.7 Å². The third-order valence-corrected chi connectivity index (χ3v) is 8.02. The maximum absolute atomic E-state index is 12.8. The second kappa shape index (κ2) is 8.85. The van der Waals surface area contributed by atoms with E-state index in [1.165, 1.54) is 9.80 Å². The fourth-order valence-electron chi connectivity index (χ4n) is 3.37. The number of benzene rings is 1. The molecule has 2 heterocycles. The zero-order chi connectivity index (χ0) is 21.2. The minimum atomic E-state index is -3.10. The number of carbonyl (C=O) groups is 2. The minimum Gasteiger partial charge on any atom is -0.497 e. The third kappa shape index (κ3) is 4.99. The van der Waals surface area contributed by atoms with Gasteiger partial charge in [-0.15, -0.1) is 0 Å². The standard InChI is InChI=1S/C19H22N2O5S3/c1-3-20(14-8-9-29(24,25)12-14)17(22)11-21-18(23)16(28-19(21)27)10-13-4-6-15(26-2)7-5-13/h4-7,10,14H,3,8-9,11-12H2,1-2H3/b16-10+/t14-/m0/s1. The van der Waals surface area contributed by atoms with Crippen LogP contribution in [0.1, 0.15) is 18.9 Å². The maximum Gasteiger partial charge on any atom is 0.266 e. The summed E-state index contributed by atoms with van der Waals surface area (Å²) < 4.78 is 28.9. The number of carbonyl (C=O) groups excluding carboxylic acids is 2. The van der Waals surface area contributed by atoms with Gasteiger partial charge in [0, 0.05) is 12.6 Å². The van der Waals surface area contributed by atoms with Gasteiger partial charge in [0.15, 0.2) is 9.84 Å². The predicted molar refractivity (Wildman–Crippen MR) is 117 cm³/mol. The highest BCUT2D eigenvalue weighted by Crippen LogP contribution is 2.33. The fraction of sp³-hybridized carbons (Fsp3) is 0.421. The molecule has 1 aromatic rings. The first kappa shape index (κ1) is 21.8. The van der Waals surface area contributed by atoms with Gasteiger partial charge in [0.2, 0.25) is 5.91 Å². The van der Waals surface area contributed by atoms with Gasteiger partial charge in [0.05, 0.1) is 23.5 Å². The zero-order valence-corrected chi connectivity index (χ0v) is 18.6. The first-order valence-electron chi connectivity index (χ1n) is 9.13. The number of thiocarbonyl (C=S) groups is 1. The van der Waals surface area contributed by atoms with E-state index >= 15 is 0 Å². The van der Waals surface area contributed by atoms with Crippen LogP contribution in [0.4, 0.5) is 0 Å². The van der Waals surface area contributed by atoms with Gasteiger partial charge < -0.3 is 9.64 Å². The van der Waals surface area contributed by atoms with Gasteiger partial charge in [0.25, 0.3) is 5.91 Å². The molecule has 0 aliphatic carbocycles. The molecule has 3 rings (SSSR count). The normalized spacial score (nSPS) is 22.3. The van der Waals surface area contributed by atoms with Crippen molar-refractivity contribution in [2.45, 2.75) is 19.4 Å². The van der Waals surface area contributed by atoms with Crippen molar-refractivity contribution in [2.75, 3.05) is 31.7 Å². The highest BCUT2D eigenvalue weighted by atomic mass is 32.2. The Morgan fingerprint density at radius 1 is 1.38 bits per heavy atom. The second-order valence-electron chi connectivity index (χ2n) is 6.78. The molecule has 2 amide bonds. The number of amides is 2. The van der Waals surface area contributed by atoms with E-state index in [2.05, 4.69) is 0 Å². The van der Waals surface area contributed by atoms with Crippen LogP contribution in [0, 0.1) is 0 Å². The van der Waals surface area contributed by atoms with E-state index in [1.807, 2.05) is 12.1 Å². The Balaban J connectivity index is 1.70. The number of thioether (sulfide) groups is 1. The number of ether oxygens (including phenoxy) is 1. The van der Waals surface area contributed by atoms with Crippen molar-refractivity contribution in [3.8, 4) is 5.75 Å². The number of hydrogen-bond acceptors (Lipinski definition) is 7. The van der Waals surface area contributed by atoms with E-state index in [-0.39, 0.29) is 35.9 Å². The molecule has 10 heteroatoms. The maximum atomic E-state index is 12.8. The fourth-order valence-corrected chi connectivity index (χ4v) is 6.36. The Labute approximate surface area is 180 Å². The molecule has 7 nitrogen and oxygen atoms in total. The minimum absolute atomic E-state index is 0.0255. The summed E-state index contributed by atoms with van der Waals surface area (Å²) in [6.45, 7) is 2.00. The summed E-state index contributed by atoms with van der Waals surface area (Å²) in [4.78, 5) is 28.8. The Morgan fingerprint density at radius 3 is 2.62 bits per heavy atom. The number of rotatable bonds is 6. The quantitative estimate of drug-likeness (QED) is 0.480. The van der Waals surface area contributed by atoms with E-state index < -0.39 is 9.84 Å². The largest absolute Gasteiger partial charge is 0.497 e. The van der Waals surface area contributed by atoms with Crippen LogP contribution in [0.3, 0.4) is 0 Å². The molecule has 0 aromatic heterocycles. The van der Waals surface area contributed by atoms with E-state index in [0.717, 1.165) is 17.3 Å².